The minimum absolute atomic E-state index is 0.630. The average Bonchev–Trinajstić information content (AvgIpc) is 2.47. The van der Waals surface area contributed by atoms with Crippen LogP contribution in [-0.4, -0.2) is 35.1 Å². The van der Waals surface area contributed by atoms with Gasteiger partial charge in [0.15, 0.2) is 0 Å². The summed E-state index contributed by atoms with van der Waals surface area (Å²) in [4.78, 5) is 3.15. The molecule has 0 spiro atoms. The molecule has 0 aromatic heterocycles. The first-order valence-electron chi connectivity index (χ1n) is 6.02. The number of rotatable bonds is 3. The zero-order valence-electron chi connectivity index (χ0n) is 11.7. The Morgan fingerprint density at radius 2 is 1.82 bits per heavy atom. The van der Waals surface area contributed by atoms with Crippen molar-refractivity contribution in [2.75, 3.05) is 12.4 Å². The molecule has 2 rings (SSSR count). The highest BCUT2D eigenvalue weighted by Crippen LogP contribution is 2.18. The van der Waals surface area contributed by atoms with Gasteiger partial charge < -0.3 is 15.6 Å². The summed E-state index contributed by atoms with van der Waals surface area (Å²) in [5.41, 5.74) is 11.2. The number of hydrogen-bond donors (Lipinski definition) is 3. The maximum Gasteiger partial charge on any atom is 0.394 e. The van der Waals surface area contributed by atoms with Gasteiger partial charge in [-0.3, -0.25) is 9.11 Å². The van der Waals surface area contributed by atoms with E-state index in [-0.39, 0.29) is 0 Å². The molecule has 0 unspecified atom stereocenters. The molecule has 118 valence electrons. The van der Waals surface area contributed by atoms with E-state index >= 15 is 0 Å². The third-order valence-corrected chi connectivity index (χ3v) is 2.49. The Kier molecular flexibility index (Phi) is 6.48. The molecule has 9 heteroatoms. The Bertz CT molecular complexity index is 709. The third kappa shape index (κ3) is 7.36. The van der Waals surface area contributed by atoms with E-state index in [1.54, 1.807) is 13.2 Å². The van der Waals surface area contributed by atoms with Crippen molar-refractivity contribution in [1.82, 2.24) is 0 Å². The highest BCUT2D eigenvalue weighted by Gasteiger charge is 2.07. The first-order chi connectivity index (χ1) is 10.3. The van der Waals surface area contributed by atoms with Gasteiger partial charge in [0.1, 0.15) is 5.75 Å². The van der Waals surface area contributed by atoms with Gasteiger partial charge in [-0.25, -0.2) is 0 Å². The standard InChI is InChI=1S/C13H13N3O.H2O4S/c1-17-13-8-6-11(7-9-13)15-10-2-4-12(16-14)5-3-10;1-5(2,3)4/h2-4,6-9,15H,5H2,1H3;(H2,1,2,3,4). The summed E-state index contributed by atoms with van der Waals surface area (Å²) in [7, 11) is -3.02. The number of benzene rings is 1. The Morgan fingerprint density at radius 3 is 2.23 bits per heavy atom. The molecule has 22 heavy (non-hydrogen) atoms. The molecular weight excluding hydrogens is 310 g/mol. The molecule has 1 aromatic rings. The molecule has 0 bridgehead atoms. The lowest BCUT2D eigenvalue weighted by Gasteiger charge is -2.09. The lowest BCUT2D eigenvalue weighted by molar-refractivity contribution is -0.00540. The van der Waals surface area contributed by atoms with Crippen LogP contribution in [-0.2, 0) is 10.4 Å². The van der Waals surface area contributed by atoms with Gasteiger partial charge in [0.2, 0.25) is 0 Å². The van der Waals surface area contributed by atoms with Crippen molar-refractivity contribution < 1.29 is 27.1 Å². The molecule has 0 aliphatic heterocycles. The minimum atomic E-state index is -4.67. The van der Waals surface area contributed by atoms with E-state index in [2.05, 4.69) is 10.1 Å². The molecule has 0 atom stereocenters. The Morgan fingerprint density at radius 1 is 1.23 bits per heavy atom. The maximum absolute atomic E-state index is 8.74. The summed E-state index contributed by atoms with van der Waals surface area (Å²) >= 11 is 0. The Hall–Kier alpha value is -2.45. The number of allylic oxidation sites excluding steroid dienone is 3. The zero-order valence-corrected chi connectivity index (χ0v) is 12.5. The fourth-order valence-electron chi connectivity index (χ4n) is 1.54. The van der Waals surface area contributed by atoms with Crippen molar-refractivity contribution >= 4 is 21.8 Å². The van der Waals surface area contributed by atoms with E-state index < -0.39 is 10.4 Å². The molecule has 0 radical (unpaired) electrons. The molecular formula is C13H15N3O5S. The normalized spacial score (nSPS) is 13.4. The van der Waals surface area contributed by atoms with E-state index in [4.69, 9.17) is 27.8 Å². The van der Waals surface area contributed by atoms with Crippen molar-refractivity contribution in [3.63, 3.8) is 0 Å². The number of nitrogens with zero attached hydrogens (tertiary/aromatic N) is 2. The molecule has 3 N–H and O–H groups in total. The second kappa shape index (κ2) is 8.11. The van der Waals surface area contributed by atoms with Gasteiger partial charge in [-0.1, -0.05) is 0 Å². The van der Waals surface area contributed by atoms with Crippen LogP contribution in [0, 0.1) is 0 Å². The summed E-state index contributed by atoms with van der Waals surface area (Å²) in [5.74, 6) is 0.832. The van der Waals surface area contributed by atoms with Crippen molar-refractivity contribution in [3.8, 4) is 5.75 Å². The van der Waals surface area contributed by atoms with Crippen LogP contribution < -0.4 is 10.1 Å². The molecule has 0 fully saturated rings. The smallest absolute Gasteiger partial charge is 0.394 e. The Labute approximate surface area is 127 Å². The molecule has 1 aliphatic carbocycles. The van der Waals surface area contributed by atoms with Crippen LogP contribution in [0.4, 0.5) is 5.69 Å². The van der Waals surface area contributed by atoms with Crippen LogP contribution in [0.15, 0.2) is 48.2 Å². The van der Waals surface area contributed by atoms with Gasteiger partial charge in [0.05, 0.1) is 13.5 Å². The van der Waals surface area contributed by atoms with Crippen LogP contribution in [0.2, 0.25) is 0 Å². The minimum Gasteiger partial charge on any atom is -0.497 e. The van der Waals surface area contributed by atoms with E-state index in [1.165, 1.54) is 0 Å². The third-order valence-electron chi connectivity index (χ3n) is 2.49. The fraction of sp³-hybridized carbons (Fsp3) is 0.154. The van der Waals surface area contributed by atoms with E-state index in [0.717, 1.165) is 17.1 Å². The monoisotopic (exact) mass is 325 g/mol. The lowest BCUT2D eigenvalue weighted by Crippen LogP contribution is -2.04. The highest BCUT2D eigenvalue weighted by atomic mass is 32.3. The van der Waals surface area contributed by atoms with Crippen molar-refractivity contribution in [2.24, 2.45) is 0 Å². The SMILES string of the molecule is COc1ccc(NC2=CCC(=[N+]=[N-])C=C2)cc1.O=S(=O)(O)O. The van der Waals surface area contributed by atoms with Gasteiger partial charge in [-0.05, 0) is 36.4 Å². The van der Waals surface area contributed by atoms with Crippen molar-refractivity contribution in [1.29, 1.82) is 0 Å². The molecule has 0 amide bonds. The van der Waals surface area contributed by atoms with Crippen LogP contribution in [0.3, 0.4) is 0 Å². The summed E-state index contributed by atoms with van der Waals surface area (Å²) in [5, 5.41) is 3.26. The summed E-state index contributed by atoms with van der Waals surface area (Å²) < 4.78 is 36.7. The van der Waals surface area contributed by atoms with Crippen LogP contribution in [0.1, 0.15) is 6.42 Å². The quantitative estimate of drug-likeness (QED) is 0.442. The van der Waals surface area contributed by atoms with Crippen molar-refractivity contribution in [3.05, 3.63) is 53.7 Å². The molecule has 1 aliphatic rings. The predicted molar refractivity (Wildman–Crippen MR) is 81.3 cm³/mol. The number of ether oxygens (including phenoxy) is 1. The van der Waals surface area contributed by atoms with Gasteiger partial charge >= 0.3 is 10.4 Å². The summed E-state index contributed by atoms with van der Waals surface area (Å²) in [6.07, 6.45) is 6.26. The Balaban J connectivity index is 0.000000422. The summed E-state index contributed by atoms with van der Waals surface area (Å²) in [6.45, 7) is 0. The van der Waals surface area contributed by atoms with Gasteiger partial charge in [0, 0.05) is 17.5 Å². The van der Waals surface area contributed by atoms with E-state index in [1.807, 2.05) is 36.4 Å². The van der Waals surface area contributed by atoms with Crippen LogP contribution in [0.5, 0.6) is 5.75 Å². The van der Waals surface area contributed by atoms with E-state index in [0.29, 0.717) is 12.1 Å². The molecule has 0 heterocycles. The molecule has 8 nitrogen and oxygen atoms in total. The molecule has 0 saturated heterocycles. The summed E-state index contributed by atoms with van der Waals surface area (Å²) in [6, 6.07) is 7.69. The largest absolute Gasteiger partial charge is 0.497 e. The van der Waals surface area contributed by atoms with Crippen LogP contribution >= 0.6 is 0 Å². The predicted octanol–water partition coefficient (Wildman–Crippen LogP) is 1.97. The lowest BCUT2D eigenvalue weighted by atomic mass is 10.1. The average molecular weight is 325 g/mol. The topological polar surface area (TPSA) is 132 Å². The second-order valence-electron chi connectivity index (χ2n) is 4.09. The fourth-order valence-corrected chi connectivity index (χ4v) is 1.54. The zero-order chi connectivity index (χ0) is 16.6. The number of anilines is 1. The highest BCUT2D eigenvalue weighted by molar-refractivity contribution is 7.79. The second-order valence-corrected chi connectivity index (χ2v) is 4.99. The first kappa shape index (κ1) is 17.6. The van der Waals surface area contributed by atoms with Gasteiger partial charge in [-0.15, -0.1) is 0 Å². The van der Waals surface area contributed by atoms with Crippen molar-refractivity contribution in [2.45, 2.75) is 6.42 Å². The first-order valence-corrected chi connectivity index (χ1v) is 7.41. The molecule has 0 saturated carbocycles. The molecule has 1 aromatic carbocycles. The maximum atomic E-state index is 8.74. The number of hydrogen-bond acceptors (Lipinski definition) is 4. The number of nitrogens with one attached hydrogen (secondary N) is 1. The van der Waals surface area contributed by atoms with Gasteiger partial charge in [0.25, 0.3) is 5.71 Å². The van der Waals surface area contributed by atoms with Gasteiger partial charge in [-0.2, -0.15) is 13.2 Å². The number of methoxy groups -OCH3 is 1. The van der Waals surface area contributed by atoms with Crippen LogP contribution in [0.25, 0.3) is 5.53 Å². The van der Waals surface area contributed by atoms with E-state index in [9.17, 15) is 0 Å².